The summed E-state index contributed by atoms with van der Waals surface area (Å²) < 4.78 is 11.7. The highest BCUT2D eigenvalue weighted by atomic mass is 79.9. The number of likely N-dealkylation sites (N-methyl/N-ethyl adjacent to an activating group) is 1. The van der Waals surface area contributed by atoms with E-state index in [0.29, 0.717) is 34.5 Å². The van der Waals surface area contributed by atoms with Gasteiger partial charge in [0.2, 0.25) is 0 Å². The van der Waals surface area contributed by atoms with E-state index in [0.717, 1.165) is 0 Å². The van der Waals surface area contributed by atoms with E-state index in [2.05, 4.69) is 15.9 Å². The fourth-order valence-electron chi connectivity index (χ4n) is 2.02. The van der Waals surface area contributed by atoms with Crippen molar-refractivity contribution in [2.75, 3.05) is 20.7 Å². The van der Waals surface area contributed by atoms with Crippen molar-refractivity contribution in [2.45, 2.75) is 19.1 Å². The van der Waals surface area contributed by atoms with Crippen molar-refractivity contribution in [1.29, 1.82) is 0 Å². The van der Waals surface area contributed by atoms with E-state index in [1.807, 2.05) is 0 Å². The Kier molecular flexibility index (Phi) is 4.31. The number of hydrogen-bond acceptors (Lipinski definition) is 4. The summed E-state index contributed by atoms with van der Waals surface area (Å²) in [7, 11) is 3.28. The molecule has 1 aromatic rings. The molecule has 1 amide bonds. The lowest BCUT2D eigenvalue weighted by molar-refractivity contribution is -0.132. The highest BCUT2D eigenvalue weighted by molar-refractivity contribution is 9.10. The van der Waals surface area contributed by atoms with Crippen LogP contribution < -0.4 is 9.47 Å². The number of carbonyl (C=O) groups is 1. The molecule has 1 atom stereocenters. The molecule has 1 saturated heterocycles. The van der Waals surface area contributed by atoms with E-state index < -0.39 is 6.10 Å². The Morgan fingerprint density at radius 1 is 1.53 bits per heavy atom. The highest BCUT2D eigenvalue weighted by Crippen LogP contribution is 2.38. The van der Waals surface area contributed by atoms with Gasteiger partial charge in [0.05, 0.1) is 18.2 Å². The SMILES string of the molecule is COc1cc(CO)cc(Br)c1OC1CCN(C)C1=O. The molecule has 104 valence electrons. The lowest BCUT2D eigenvalue weighted by atomic mass is 10.2. The predicted octanol–water partition coefficient (Wildman–Crippen LogP) is 1.56. The van der Waals surface area contributed by atoms with Gasteiger partial charge in [0.15, 0.2) is 17.6 Å². The topological polar surface area (TPSA) is 59.0 Å². The van der Waals surface area contributed by atoms with Crippen molar-refractivity contribution in [3.05, 3.63) is 22.2 Å². The van der Waals surface area contributed by atoms with E-state index in [1.165, 1.54) is 7.11 Å². The summed E-state index contributed by atoms with van der Waals surface area (Å²) in [5.41, 5.74) is 0.714. The number of rotatable bonds is 4. The Labute approximate surface area is 120 Å². The van der Waals surface area contributed by atoms with Gasteiger partial charge in [0.1, 0.15) is 0 Å². The lowest BCUT2D eigenvalue weighted by Gasteiger charge is -2.17. The number of carbonyl (C=O) groups excluding carboxylic acids is 1. The van der Waals surface area contributed by atoms with Crippen molar-refractivity contribution < 1.29 is 19.4 Å². The third-order valence-electron chi connectivity index (χ3n) is 3.11. The van der Waals surface area contributed by atoms with E-state index in [-0.39, 0.29) is 12.5 Å². The van der Waals surface area contributed by atoms with Crippen molar-refractivity contribution in [2.24, 2.45) is 0 Å². The average Bonchev–Trinajstić information content (AvgIpc) is 2.72. The summed E-state index contributed by atoms with van der Waals surface area (Å²) in [5, 5.41) is 9.16. The van der Waals surface area contributed by atoms with Crippen LogP contribution in [0, 0.1) is 0 Å². The maximum absolute atomic E-state index is 11.8. The van der Waals surface area contributed by atoms with E-state index in [4.69, 9.17) is 14.6 Å². The Morgan fingerprint density at radius 3 is 2.79 bits per heavy atom. The molecule has 1 N–H and O–H groups in total. The number of aliphatic hydroxyl groups excluding tert-OH is 1. The minimum absolute atomic E-state index is 0.0276. The Balaban J connectivity index is 2.27. The first-order valence-corrected chi connectivity index (χ1v) is 6.75. The minimum Gasteiger partial charge on any atom is -0.493 e. The number of amides is 1. The summed E-state index contributed by atoms with van der Waals surface area (Å²) in [4.78, 5) is 13.5. The van der Waals surface area contributed by atoms with Crippen molar-refractivity contribution in [3.63, 3.8) is 0 Å². The molecule has 0 bridgehead atoms. The van der Waals surface area contributed by atoms with Crippen molar-refractivity contribution in [3.8, 4) is 11.5 Å². The van der Waals surface area contributed by atoms with Crippen LogP contribution in [0.1, 0.15) is 12.0 Å². The molecule has 2 rings (SSSR count). The second-order valence-corrected chi connectivity index (χ2v) is 5.28. The summed E-state index contributed by atoms with van der Waals surface area (Å²) in [6.45, 7) is 0.610. The van der Waals surface area contributed by atoms with Crippen molar-refractivity contribution >= 4 is 21.8 Å². The van der Waals surface area contributed by atoms with Crippen LogP contribution in [-0.2, 0) is 11.4 Å². The molecule has 1 heterocycles. The minimum atomic E-state index is -0.477. The Hall–Kier alpha value is -1.27. The van der Waals surface area contributed by atoms with E-state index >= 15 is 0 Å². The zero-order valence-corrected chi connectivity index (χ0v) is 12.4. The van der Waals surface area contributed by atoms with Crippen LogP contribution >= 0.6 is 15.9 Å². The zero-order chi connectivity index (χ0) is 14.0. The van der Waals surface area contributed by atoms with Crippen LogP contribution in [-0.4, -0.2) is 42.7 Å². The number of halogens is 1. The molecule has 6 heteroatoms. The van der Waals surface area contributed by atoms with Gasteiger partial charge in [-0.15, -0.1) is 0 Å². The Bertz CT molecular complexity index is 492. The summed E-state index contributed by atoms with van der Waals surface area (Å²) in [5.74, 6) is 0.967. The van der Waals surface area contributed by atoms with Gasteiger partial charge in [-0.3, -0.25) is 4.79 Å². The number of methoxy groups -OCH3 is 1. The van der Waals surface area contributed by atoms with Gasteiger partial charge in [0.25, 0.3) is 5.91 Å². The predicted molar refractivity (Wildman–Crippen MR) is 73.3 cm³/mol. The van der Waals surface area contributed by atoms with E-state index in [1.54, 1.807) is 24.1 Å². The second kappa shape index (κ2) is 5.79. The average molecular weight is 330 g/mol. The smallest absolute Gasteiger partial charge is 0.263 e. The first kappa shape index (κ1) is 14.1. The van der Waals surface area contributed by atoms with Crippen LogP contribution in [0.25, 0.3) is 0 Å². The number of hydrogen-bond donors (Lipinski definition) is 1. The van der Waals surface area contributed by atoms with Crippen LogP contribution in [0.5, 0.6) is 11.5 Å². The quantitative estimate of drug-likeness (QED) is 0.910. The summed E-state index contributed by atoms with van der Waals surface area (Å²) in [6, 6.07) is 3.45. The first-order chi connectivity index (χ1) is 9.06. The fourth-order valence-corrected chi connectivity index (χ4v) is 2.60. The number of nitrogens with zero attached hydrogens (tertiary/aromatic N) is 1. The molecule has 0 aromatic heterocycles. The molecule has 0 spiro atoms. The first-order valence-electron chi connectivity index (χ1n) is 5.95. The Morgan fingerprint density at radius 2 is 2.26 bits per heavy atom. The van der Waals surface area contributed by atoms with Gasteiger partial charge in [-0.1, -0.05) is 0 Å². The standard InChI is InChI=1S/C13H16BrNO4/c1-15-4-3-10(13(15)17)19-12-9(14)5-8(7-16)6-11(12)18-2/h5-6,10,16H,3-4,7H2,1-2H3. The van der Waals surface area contributed by atoms with Gasteiger partial charge in [-0.2, -0.15) is 0 Å². The van der Waals surface area contributed by atoms with E-state index in [9.17, 15) is 4.79 Å². The molecule has 0 saturated carbocycles. The summed E-state index contributed by atoms with van der Waals surface area (Å²) >= 11 is 3.38. The van der Waals surface area contributed by atoms with Crippen LogP contribution in [0.15, 0.2) is 16.6 Å². The molecule has 1 aliphatic heterocycles. The molecule has 19 heavy (non-hydrogen) atoms. The molecule has 1 aromatic carbocycles. The maximum Gasteiger partial charge on any atom is 0.263 e. The molecule has 1 fully saturated rings. The van der Waals surface area contributed by atoms with Crippen molar-refractivity contribution in [1.82, 2.24) is 4.90 Å². The largest absolute Gasteiger partial charge is 0.493 e. The van der Waals surface area contributed by atoms with Gasteiger partial charge < -0.3 is 19.5 Å². The molecule has 1 aliphatic rings. The van der Waals surface area contributed by atoms with Gasteiger partial charge in [-0.05, 0) is 33.6 Å². The number of likely N-dealkylation sites (tertiary alicyclic amines) is 1. The maximum atomic E-state index is 11.8. The third-order valence-corrected chi connectivity index (χ3v) is 3.70. The monoisotopic (exact) mass is 329 g/mol. The van der Waals surface area contributed by atoms with Crippen LogP contribution in [0.3, 0.4) is 0 Å². The normalized spacial score (nSPS) is 18.8. The molecular weight excluding hydrogens is 314 g/mol. The number of benzene rings is 1. The van der Waals surface area contributed by atoms with Crippen LogP contribution in [0.2, 0.25) is 0 Å². The molecule has 5 nitrogen and oxygen atoms in total. The lowest BCUT2D eigenvalue weighted by Crippen LogP contribution is -2.29. The highest BCUT2D eigenvalue weighted by Gasteiger charge is 2.32. The zero-order valence-electron chi connectivity index (χ0n) is 10.9. The number of ether oxygens (including phenoxy) is 2. The fraction of sp³-hybridized carbons (Fsp3) is 0.462. The van der Waals surface area contributed by atoms with Gasteiger partial charge in [0, 0.05) is 20.0 Å². The molecular formula is C13H16BrNO4. The number of aliphatic hydroxyl groups is 1. The third kappa shape index (κ3) is 2.84. The van der Waals surface area contributed by atoms with Gasteiger partial charge in [-0.25, -0.2) is 0 Å². The molecule has 0 aliphatic carbocycles. The molecule has 0 radical (unpaired) electrons. The molecule has 1 unspecified atom stereocenters. The summed E-state index contributed by atoms with van der Waals surface area (Å²) in [6.07, 6.45) is 0.183. The second-order valence-electron chi connectivity index (χ2n) is 4.42. The van der Waals surface area contributed by atoms with Gasteiger partial charge >= 0.3 is 0 Å². The van der Waals surface area contributed by atoms with Crippen LogP contribution in [0.4, 0.5) is 0 Å².